The van der Waals surface area contributed by atoms with Gasteiger partial charge in [0.25, 0.3) is 0 Å². The molecule has 2 N–H and O–H groups in total. The highest BCUT2D eigenvalue weighted by atomic mass is 28.3. The fraction of sp³-hybridized carbons (Fsp3) is 0.429. The van der Waals surface area contributed by atoms with Crippen molar-refractivity contribution in [2.75, 3.05) is 6.61 Å². The van der Waals surface area contributed by atoms with Crippen molar-refractivity contribution in [2.45, 2.75) is 32.4 Å². The van der Waals surface area contributed by atoms with E-state index in [-0.39, 0.29) is 5.46 Å². The lowest BCUT2D eigenvalue weighted by molar-refractivity contribution is 0.0786. The minimum absolute atomic E-state index is 0.254. The highest BCUT2D eigenvalue weighted by Gasteiger charge is 2.18. The smallest absolute Gasteiger partial charge is 0.423 e. The molecule has 6 nitrogen and oxygen atoms in total. The van der Waals surface area contributed by atoms with Crippen LogP contribution in [0, 0.1) is 5.95 Å². The summed E-state index contributed by atoms with van der Waals surface area (Å²) in [5, 5.41) is 22.1. The Bertz CT molecular complexity index is 661. The van der Waals surface area contributed by atoms with E-state index in [2.05, 4.69) is 29.7 Å². The Balaban J connectivity index is 1.98. The maximum absolute atomic E-state index is 13.7. The van der Waals surface area contributed by atoms with Crippen LogP contribution in [-0.4, -0.2) is 46.6 Å². The molecule has 0 aliphatic rings. The van der Waals surface area contributed by atoms with Crippen molar-refractivity contribution in [3.63, 3.8) is 0 Å². The lowest BCUT2D eigenvalue weighted by atomic mass is 9.81. The van der Waals surface area contributed by atoms with E-state index in [0.29, 0.717) is 24.6 Å². The molecule has 0 radical (unpaired) electrons. The average molecular weight is 337 g/mol. The van der Waals surface area contributed by atoms with Gasteiger partial charge >= 0.3 is 7.12 Å². The monoisotopic (exact) mass is 337 g/mol. The molecular weight excluding hydrogens is 316 g/mol. The van der Waals surface area contributed by atoms with Gasteiger partial charge in [-0.3, -0.25) is 0 Å². The minimum Gasteiger partial charge on any atom is -0.423 e. The normalized spacial score (nSPS) is 11.7. The molecule has 23 heavy (non-hydrogen) atoms. The van der Waals surface area contributed by atoms with E-state index in [1.807, 2.05) is 0 Å². The molecule has 0 aliphatic carbocycles. The number of hydrogen-bond donors (Lipinski definition) is 2. The number of halogens is 1. The molecule has 2 rings (SSSR count). The number of ether oxygens (including phenoxy) is 1. The number of rotatable bonds is 7. The van der Waals surface area contributed by atoms with Crippen LogP contribution in [0.3, 0.4) is 0 Å². The van der Waals surface area contributed by atoms with Gasteiger partial charge in [-0.05, 0) is 12.1 Å². The first-order chi connectivity index (χ1) is 10.8. The quantitative estimate of drug-likeness (QED) is 0.449. The van der Waals surface area contributed by atoms with Gasteiger partial charge in [-0.1, -0.05) is 25.7 Å². The van der Waals surface area contributed by atoms with Gasteiger partial charge in [0.05, 0.1) is 11.9 Å². The van der Waals surface area contributed by atoms with Gasteiger partial charge in [0.2, 0.25) is 5.95 Å². The highest BCUT2D eigenvalue weighted by Crippen LogP contribution is 2.15. The molecule has 2 heterocycles. The highest BCUT2D eigenvalue weighted by molar-refractivity contribution is 6.76. The van der Waals surface area contributed by atoms with Crippen molar-refractivity contribution in [3.05, 3.63) is 30.5 Å². The molecule has 9 heteroatoms. The summed E-state index contributed by atoms with van der Waals surface area (Å²) in [4.78, 5) is 3.73. The number of nitrogens with zero attached hydrogens (tertiary/aromatic N) is 3. The summed E-state index contributed by atoms with van der Waals surface area (Å²) in [5.74, 6) is -0.906. The SMILES string of the molecule is C[Si](C)(C)CCOCn1cc(-c2ccc(B(O)O)c(F)n2)cn1. The summed E-state index contributed by atoms with van der Waals surface area (Å²) in [5.41, 5.74) is 0.757. The van der Waals surface area contributed by atoms with E-state index < -0.39 is 21.1 Å². The molecule has 124 valence electrons. The summed E-state index contributed by atoms with van der Waals surface area (Å²) in [6, 6.07) is 3.90. The van der Waals surface area contributed by atoms with Crippen LogP contribution in [0.4, 0.5) is 4.39 Å². The third-order valence-electron chi connectivity index (χ3n) is 3.30. The second kappa shape index (κ2) is 7.35. The van der Waals surface area contributed by atoms with Gasteiger partial charge in [-0.2, -0.15) is 9.49 Å². The van der Waals surface area contributed by atoms with Crippen LogP contribution in [0.25, 0.3) is 11.3 Å². The Morgan fingerprint density at radius 2 is 2.04 bits per heavy atom. The topological polar surface area (TPSA) is 80.4 Å². The van der Waals surface area contributed by atoms with Gasteiger partial charge in [0, 0.05) is 31.9 Å². The zero-order valence-corrected chi connectivity index (χ0v) is 14.5. The second-order valence-corrected chi connectivity index (χ2v) is 12.2. The van der Waals surface area contributed by atoms with Crippen molar-refractivity contribution in [3.8, 4) is 11.3 Å². The standard InChI is InChI=1S/C14H21BFN3O3Si/c1-23(2,3)7-6-22-10-19-9-11(8-17-19)13-5-4-12(15(20)21)14(16)18-13/h4-5,8-9,20-21H,6-7,10H2,1-3H3. The number of aromatic nitrogens is 3. The van der Waals surface area contributed by atoms with E-state index >= 15 is 0 Å². The van der Waals surface area contributed by atoms with Crippen LogP contribution in [0.5, 0.6) is 0 Å². The Morgan fingerprint density at radius 1 is 1.30 bits per heavy atom. The molecule has 0 amide bonds. The van der Waals surface area contributed by atoms with Crippen LogP contribution in [0.15, 0.2) is 24.5 Å². The first-order valence-corrected chi connectivity index (χ1v) is 11.1. The summed E-state index contributed by atoms with van der Waals surface area (Å²) < 4.78 is 20.9. The van der Waals surface area contributed by atoms with E-state index in [4.69, 9.17) is 14.8 Å². The zero-order chi connectivity index (χ0) is 17.0. The fourth-order valence-corrected chi connectivity index (χ4v) is 2.66. The van der Waals surface area contributed by atoms with Crippen LogP contribution < -0.4 is 5.46 Å². The van der Waals surface area contributed by atoms with Crippen LogP contribution >= 0.6 is 0 Å². The molecule has 0 saturated heterocycles. The van der Waals surface area contributed by atoms with Gasteiger partial charge < -0.3 is 14.8 Å². The second-order valence-electron chi connectivity index (χ2n) is 6.57. The van der Waals surface area contributed by atoms with Crippen LogP contribution in [-0.2, 0) is 11.5 Å². The lowest BCUT2D eigenvalue weighted by Crippen LogP contribution is -2.33. The molecule has 0 unspecified atom stereocenters. The van der Waals surface area contributed by atoms with Gasteiger partial charge in [-0.25, -0.2) is 9.67 Å². The Hall–Kier alpha value is -1.55. The third-order valence-corrected chi connectivity index (χ3v) is 5.01. The molecule has 0 aromatic carbocycles. The maximum atomic E-state index is 13.7. The molecule has 2 aromatic rings. The van der Waals surface area contributed by atoms with E-state index in [9.17, 15) is 4.39 Å². The predicted molar refractivity (Wildman–Crippen MR) is 89.3 cm³/mol. The Kier molecular flexibility index (Phi) is 5.69. The summed E-state index contributed by atoms with van der Waals surface area (Å²) in [6.07, 6.45) is 3.28. The number of hydrogen-bond acceptors (Lipinski definition) is 5. The number of pyridine rings is 1. The summed E-state index contributed by atoms with van der Waals surface area (Å²) >= 11 is 0. The van der Waals surface area contributed by atoms with Crippen LogP contribution in [0.2, 0.25) is 25.7 Å². The summed E-state index contributed by atoms with van der Waals surface area (Å²) in [6.45, 7) is 7.89. The molecule has 0 bridgehead atoms. The Morgan fingerprint density at radius 3 is 2.65 bits per heavy atom. The van der Waals surface area contributed by atoms with Crippen LogP contribution in [0.1, 0.15) is 0 Å². The molecule has 0 saturated carbocycles. The zero-order valence-electron chi connectivity index (χ0n) is 13.5. The van der Waals surface area contributed by atoms with E-state index in [1.54, 1.807) is 17.1 Å². The average Bonchev–Trinajstić information content (AvgIpc) is 2.91. The first kappa shape index (κ1) is 17.8. The van der Waals surface area contributed by atoms with Crippen molar-refractivity contribution >= 4 is 20.7 Å². The molecular formula is C14H21BFN3O3Si. The third kappa shape index (κ3) is 5.24. The van der Waals surface area contributed by atoms with Gasteiger partial charge in [-0.15, -0.1) is 0 Å². The van der Waals surface area contributed by atoms with E-state index in [0.717, 1.165) is 6.04 Å². The Labute approximate surface area is 136 Å². The molecule has 2 aromatic heterocycles. The van der Waals surface area contributed by atoms with Gasteiger partial charge in [0.15, 0.2) is 0 Å². The van der Waals surface area contributed by atoms with Crippen molar-refractivity contribution < 1.29 is 19.2 Å². The van der Waals surface area contributed by atoms with Crippen molar-refractivity contribution in [1.29, 1.82) is 0 Å². The molecule has 0 fully saturated rings. The van der Waals surface area contributed by atoms with Gasteiger partial charge in [0.1, 0.15) is 6.73 Å². The largest absolute Gasteiger partial charge is 0.493 e. The fourth-order valence-electron chi connectivity index (χ4n) is 1.90. The van der Waals surface area contributed by atoms with E-state index in [1.165, 1.54) is 12.1 Å². The first-order valence-electron chi connectivity index (χ1n) is 7.39. The summed E-state index contributed by atoms with van der Waals surface area (Å²) in [7, 11) is -2.99. The predicted octanol–water partition coefficient (Wildman–Crippen LogP) is 1.08. The molecule has 0 spiro atoms. The van der Waals surface area contributed by atoms with Crippen molar-refractivity contribution in [2.24, 2.45) is 0 Å². The molecule has 0 aliphatic heterocycles. The molecule has 0 atom stereocenters. The minimum atomic E-state index is -1.88. The van der Waals surface area contributed by atoms with Crippen molar-refractivity contribution in [1.82, 2.24) is 14.8 Å². The lowest BCUT2D eigenvalue weighted by Gasteiger charge is -2.15. The maximum Gasteiger partial charge on any atom is 0.493 e.